The van der Waals surface area contributed by atoms with E-state index in [1.165, 1.54) is 17.4 Å². The lowest BCUT2D eigenvalue weighted by Crippen LogP contribution is -2.34. The third kappa shape index (κ3) is 3.96. The van der Waals surface area contributed by atoms with Crippen molar-refractivity contribution in [2.45, 2.75) is 39.3 Å². The molecule has 1 amide bonds. The SMILES string of the molecule is COc1cc(C(C)C)ccc1CN(C)C(=O)C(C)O. The molecule has 19 heavy (non-hydrogen) atoms. The Morgan fingerprint density at radius 1 is 1.37 bits per heavy atom. The zero-order valence-electron chi connectivity index (χ0n) is 12.3. The van der Waals surface area contributed by atoms with E-state index in [-0.39, 0.29) is 5.91 Å². The van der Waals surface area contributed by atoms with Crippen molar-refractivity contribution in [3.8, 4) is 5.75 Å². The first-order valence-electron chi connectivity index (χ1n) is 6.46. The minimum Gasteiger partial charge on any atom is -0.496 e. The number of ether oxygens (including phenoxy) is 1. The maximum absolute atomic E-state index is 11.7. The molecule has 0 saturated heterocycles. The lowest BCUT2D eigenvalue weighted by Gasteiger charge is -2.21. The second kappa shape index (κ2) is 6.57. The van der Waals surface area contributed by atoms with E-state index in [9.17, 15) is 9.90 Å². The van der Waals surface area contributed by atoms with Gasteiger partial charge >= 0.3 is 0 Å². The Balaban J connectivity index is 2.92. The van der Waals surface area contributed by atoms with Gasteiger partial charge in [-0.15, -0.1) is 0 Å². The number of likely N-dealkylation sites (N-methyl/N-ethyl adjacent to an activating group) is 1. The number of nitrogens with zero attached hydrogens (tertiary/aromatic N) is 1. The van der Waals surface area contributed by atoms with Gasteiger partial charge in [-0.25, -0.2) is 0 Å². The van der Waals surface area contributed by atoms with Crippen LogP contribution in [0.25, 0.3) is 0 Å². The summed E-state index contributed by atoms with van der Waals surface area (Å²) in [5.41, 5.74) is 2.13. The molecule has 1 aromatic rings. The number of hydrogen-bond acceptors (Lipinski definition) is 3. The first-order chi connectivity index (χ1) is 8.86. The summed E-state index contributed by atoms with van der Waals surface area (Å²) in [5.74, 6) is 0.909. The summed E-state index contributed by atoms with van der Waals surface area (Å²) in [7, 11) is 3.30. The number of aliphatic hydroxyl groups excluding tert-OH is 1. The first-order valence-corrected chi connectivity index (χ1v) is 6.46. The lowest BCUT2D eigenvalue weighted by atomic mass is 10.0. The molecule has 0 bridgehead atoms. The molecule has 4 heteroatoms. The van der Waals surface area contributed by atoms with Gasteiger partial charge in [-0.05, 0) is 24.5 Å². The van der Waals surface area contributed by atoms with E-state index in [0.717, 1.165) is 11.3 Å². The first kappa shape index (κ1) is 15.5. The average molecular weight is 265 g/mol. The Bertz CT molecular complexity index is 441. The van der Waals surface area contributed by atoms with Crippen LogP contribution in [0.5, 0.6) is 5.75 Å². The van der Waals surface area contributed by atoms with E-state index < -0.39 is 6.10 Å². The fourth-order valence-corrected chi connectivity index (χ4v) is 1.90. The van der Waals surface area contributed by atoms with E-state index >= 15 is 0 Å². The van der Waals surface area contributed by atoms with Crippen LogP contribution in [0, 0.1) is 0 Å². The van der Waals surface area contributed by atoms with Crippen molar-refractivity contribution in [3.05, 3.63) is 29.3 Å². The molecule has 0 saturated carbocycles. The monoisotopic (exact) mass is 265 g/mol. The number of rotatable bonds is 5. The quantitative estimate of drug-likeness (QED) is 0.887. The smallest absolute Gasteiger partial charge is 0.251 e. The molecular formula is C15H23NO3. The predicted molar refractivity (Wildman–Crippen MR) is 75.2 cm³/mol. The summed E-state index contributed by atoms with van der Waals surface area (Å²) in [4.78, 5) is 13.2. The van der Waals surface area contributed by atoms with E-state index in [0.29, 0.717) is 12.5 Å². The molecule has 1 unspecified atom stereocenters. The average Bonchev–Trinajstić information content (AvgIpc) is 2.37. The highest BCUT2D eigenvalue weighted by Gasteiger charge is 2.16. The van der Waals surface area contributed by atoms with Gasteiger partial charge in [0.15, 0.2) is 0 Å². The van der Waals surface area contributed by atoms with E-state index in [1.54, 1.807) is 14.2 Å². The zero-order chi connectivity index (χ0) is 14.6. The summed E-state index contributed by atoms with van der Waals surface area (Å²) in [6, 6.07) is 6.02. The fourth-order valence-electron chi connectivity index (χ4n) is 1.90. The molecule has 106 valence electrons. The minimum atomic E-state index is -0.981. The van der Waals surface area contributed by atoms with Crippen LogP contribution in [0.4, 0.5) is 0 Å². The molecule has 1 N–H and O–H groups in total. The Labute approximate surface area is 115 Å². The van der Waals surface area contributed by atoms with Gasteiger partial charge in [-0.1, -0.05) is 26.0 Å². The molecule has 1 atom stereocenters. The standard InChI is InChI=1S/C15H23NO3/c1-10(2)12-6-7-13(14(8-12)19-5)9-16(4)15(18)11(3)17/h6-8,10-11,17H,9H2,1-5H3. The molecule has 1 aromatic carbocycles. The molecule has 0 heterocycles. The third-order valence-electron chi connectivity index (χ3n) is 3.12. The van der Waals surface area contributed by atoms with Crippen molar-refractivity contribution in [2.75, 3.05) is 14.2 Å². The van der Waals surface area contributed by atoms with Crippen LogP contribution in [-0.4, -0.2) is 36.2 Å². The van der Waals surface area contributed by atoms with Gasteiger partial charge in [0, 0.05) is 19.2 Å². The van der Waals surface area contributed by atoms with Gasteiger partial charge in [0.1, 0.15) is 11.9 Å². The highest BCUT2D eigenvalue weighted by atomic mass is 16.5. The molecular weight excluding hydrogens is 242 g/mol. The molecule has 1 rings (SSSR count). The summed E-state index contributed by atoms with van der Waals surface area (Å²) in [6.45, 7) is 6.14. The summed E-state index contributed by atoms with van der Waals surface area (Å²) in [6.07, 6.45) is -0.981. The van der Waals surface area contributed by atoms with Crippen molar-refractivity contribution in [3.63, 3.8) is 0 Å². The Morgan fingerprint density at radius 2 is 2.00 bits per heavy atom. The van der Waals surface area contributed by atoms with Crippen molar-refractivity contribution >= 4 is 5.91 Å². The second-order valence-electron chi connectivity index (χ2n) is 5.10. The van der Waals surface area contributed by atoms with Gasteiger partial charge < -0.3 is 14.7 Å². The number of aliphatic hydroxyl groups is 1. The van der Waals surface area contributed by atoms with E-state index in [4.69, 9.17) is 4.74 Å². The maximum Gasteiger partial charge on any atom is 0.251 e. The molecule has 0 spiro atoms. The second-order valence-corrected chi connectivity index (χ2v) is 5.10. The third-order valence-corrected chi connectivity index (χ3v) is 3.12. The highest BCUT2D eigenvalue weighted by Crippen LogP contribution is 2.25. The molecule has 4 nitrogen and oxygen atoms in total. The van der Waals surface area contributed by atoms with Gasteiger partial charge in [-0.3, -0.25) is 4.79 Å². The number of carbonyl (C=O) groups excluding carboxylic acids is 1. The highest BCUT2D eigenvalue weighted by molar-refractivity contribution is 5.80. The molecule has 0 aliphatic rings. The molecule has 0 aliphatic heterocycles. The molecule has 0 aliphatic carbocycles. The normalized spacial score (nSPS) is 12.4. The van der Waals surface area contributed by atoms with Crippen molar-refractivity contribution in [2.24, 2.45) is 0 Å². The summed E-state index contributed by atoms with van der Waals surface area (Å²) >= 11 is 0. The summed E-state index contributed by atoms with van der Waals surface area (Å²) in [5, 5.41) is 9.29. The zero-order valence-corrected chi connectivity index (χ0v) is 12.3. The topological polar surface area (TPSA) is 49.8 Å². The number of methoxy groups -OCH3 is 1. The van der Waals surface area contributed by atoms with Crippen molar-refractivity contribution in [1.29, 1.82) is 0 Å². The van der Waals surface area contributed by atoms with Crippen LogP contribution in [0.2, 0.25) is 0 Å². The van der Waals surface area contributed by atoms with Crippen molar-refractivity contribution in [1.82, 2.24) is 4.90 Å². The predicted octanol–water partition coefficient (Wildman–Crippen LogP) is 2.16. The number of amides is 1. The van der Waals surface area contributed by atoms with Crippen LogP contribution < -0.4 is 4.74 Å². The van der Waals surface area contributed by atoms with Gasteiger partial charge in [0.05, 0.1) is 7.11 Å². The Kier molecular flexibility index (Phi) is 5.36. The number of benzene rings is 1. The van der Waals surface area contributed by atoms with Gasteiger partial charge in [-0.2, -0.15) is 0 Å². The van der Waals surface area contributed by atoms with Gasteiger partial charge in [0.2, 0.25) is 0 Å². The Morgan fingerprint density at radius 3 is 2.47 bits per heavy atom. The van der Waals surface area contributed by atoms with Crippen LogP contribution in [0.1, 0.15) is 37.8 Å². The lowest BCUT2D eigenvalue weighted by molar-refractivity contribution is -0.138. The number of carbonyl (C=O) groups is 1. The van der Waals surface area contributed by atoms with Crippen LogP contribution >= 0.6 is 0 Å². The molecule has 0 fully saturated rings. The fraction of sp³-hybridized carbons (Fsp3) is 0.533. The van der Waals surface area contributed by atoms with Crippen LogP contribution in [0.15, 0.2) is 18.2 Å². The van der Waals surface area contributed by atoms with Crippen LogP contribution in [0.3, 0.4) is 0 Å². The largest absolute Gasteiger partial charge is 0.496 e. The molecule has 0 radical (unpaired) electrons. The van der Waals surface area contributed by atoms with Crippen LogP contribution in [-0.2, 0) is 11.3 Å². The van der Waals surface area contributed by atoms with E-state index in [1.807, 2.05) is 18.2 Å². The molecule has 0 aromatic heterocycles. The minimum absolute atomic E-state index is 0.296. The van der Waals surface area contributed by atoms with E-state index in [2.05, 4.69) is 13.8 Å². The summed E-state index contributed by atoms with van der Waals surface area (Å²) < 4.78 is 5.38. The Hall–Kier alpha value is -1.55. The van der Waals surface area contributed by atoms with Crippen molar-refractivity contribution < 1.29 is 14.6 Å². The van der Waals surface area contributed by atoms with Gasteiger partial charge in [0.25, 0.3) is 5.91 Å². The maximum atomic E-state index is 11.7. The number of hydrogen-bond donors (Lipinski definition) is 1.